The van der Waals surface area contributed by atoms with Gasteiger partial charge in [-0.3, -0.25) is 0 Å². The lowest BCUT2D eigenvalue weighted by Gasteiger charge is -2.13. The number of rotatable bonds is 3. The zero-order valence-corrected chi connectivity index (χ0v) is 10.2. The normalized spacial score (nSPS) is 22.1. The molecule has 1 saturated heterocycles. The van der Waals surface area contributed by atoms with Crippen molar-refractivity contribution >= 4 is 15.9 Å². The number of hydrogen-bond acceptors (Lipinski definition) is 1. The quantitative estimate of drug-likeness (QED) is 0.816. The van der Waals surface area contributed by atoms with Crippen LogP contribution in [0.3, 0.4) is 0 Å². The second-order valence-corrected chi connectivity index (χ2v) is 4.94. The van der Waals surface area contributed by atoms with Gasteiger partial charge in [-0.2, -0.15) is 0 Å². The van der Waals surface area contributed by atoms with Crippen LogP contribution in [0.2, 0.25) is 0 Å². The van der Waals surface area contributed by atoms with Crippen molar-refractivity contribution in [1.29, 1.82) is 0 Å². The Kier molecular flexibility index (Phi) is 3.76. The van der Waals surface area contributed by atoms with Crippen LogP contribution in [0.1, 0.15) is 17.9 Å². The summed E-state index contributed by atoms with van der Waals surface area (Å²) in [5, 5.41) is 0. The zero-order chi connectivity index (χ0) is 10.7. The van der Waals surface area contributed by atoms with E-state index in [0.29, 0.717) is 12.5 Å². The third-order valence-corrected chi connectivity index (χ3v) is 3.54. The van der Waals surface area contributed by atoms with Gasteiger partial charge in [0.1, 0.15) is 6.67 Å². The highest BCUT2D eigenvalue weighted by Gasteiger charge is 2.22. The predicted octanol–water partition coefficient (Wildman–Crippen LogP) is 3.21. The Bertz CT molecular complexity index is 312. The van der Waals surface area contributed by atoms with E-state index in [0.717, 1.165) is 24.0 Å². The first-order valence-corrected chi connectivity index (χ1v) is 6.12. The Balaban J connectivity index is 1.98. The molecule has 15 heavy (non-hydrogen) atoms. The number of hydrogen-bond donors (Lipinski definition) is 0. The van der Waals surface area contributed by atoms with Crippen LogP contribution in [0.5, 0.6) is 0 Å². The van der Waals surface area contributed by atoms with Crippen molar-refractivity contribution in [2.24, 2.45) is 0 Å². The average Bonchev–Trinajstić information content (AvgIpc) is 2.68. The van der Waals surface area contributed by atoms with Gasteiger partial charge in [0, 0.05) is 17.6 Å². The SMILES string of the molecule is FCCN1CCC(c2ccc(Br)cc2)C1. The van der Waals surface area contributed by atoms with Gasteiger partial charge in [0.25, 0.3) is 0 Å². The van der Waals surface area contributed by atoms with E-state index in [1.807, 2.05) is 0 Å². The molecule has 1 nitrogen and oxygen atoms in total. The molecule has 0 saturated carbocycles. The van der Waals surface area contributed by atoms with Gasteiger partial charge >= 0.3 is 0 Å². The molecule has 1 aliphatic heterocycles. The molecule has 0 radical (unpaired) electrons. The molecule has 2 rings (SSSR count). The first-order valence-electron chi connectivity index (χ1n) is 5.33. The van der Waals surface area contributed by atoms with Crippen LogP contribution in [0.15, 0.2) is 28.7 Å². The summed E-state index contributed by atoms with van der Waals surface area (Å²) in [4.78, 5) is 2.20. The molecular formula is C12H15BrFN. The summed E-state index contributed by atoms with van der Waals surface area (Å²) in [6.07, 6.45) is 1.15. The Morgan fingerprint density at radius 3 is 2.73 bits per heavy atom. The first-order chi connectivity index (χ1) is 7.29. The lowest BCUT2D eigenvalue weighted by atomic mass is 9.99. The van der Waals surface area contributed by atoms with Crippen LogP contribution >= 0.6 is 15.9 Å². The van der Waals surface area contributed by atoms with Crippen molar-refractivity contribution in [2.45, 2.75) is 12.3 Å². The molecule has 1 aromatic rings. The highest BCUT2D eigenvalue weighted by molar-refractivity contribution is 9.10. The summed E-state index contributed by atoms with van der Waals surface area (Å²) >= 11 is 3.43. The monoisotopic (exact) mass is 271 g/mol. The Labute approximate surface area is 98.4 Å². The van der Waals surface area contributed by atoms with Gasteiger partial charge in [0.2, 0.25) is 0 Å². The molecule has 1 atom stereocenters. The highest BCUT2D eigenvalue weighted by Crippen LogP contribution is 2.27. The maximum Gasteiger partial charge on any atom is 0.102 e. The summed E-state index contributed by atoms with van der Waals surface area (Å²) in [5.74, 6) is 0.588. The standard InChI is InChI=1S/C12H15BrFN/c13-12-3-1-10(2-4-12)11-5-7-15(9-11)8-6-14/h1-4,11H,5-9H2. The average molecular weight is 272 g/mol. The van der Waals surface area contributed by atoms with Crippen molar-refractivity contribution in [3.63, 3.8) is 0 Å². The predicted molar refractivity (Wildman–Crippen MR) is 63.9 cm³/mol. The van der Waals surface area contributed by atoms with Crippen molar-refractivity contribution < 1.29 is 4.39 Å². The van der Waals surface area contributed by atoms with Crippen LogP contribution in [0, 0.1) is 0 Å². The molecule has 0 amide bonds. The molecule has 0 aliphatic carbocycles. The largest absolute Gasteiger partial charge is 0.300 e. The Morgan fingerprint density at radius 1 is 1.33 bits per heavy atom. The number of likely N-dealkylation sites (tertiary alicyclic amines) is 1. The molecule has 1 fully saturated rings. The van der Waals surface area contributed by atoms with Gasteiger partial charge in [-0.1, -0.05) is 28.1 Å². The molecular weight excluding hydrogens is 257 g/mol. The molecule has 82 valence electrons. The second kappa shape index (κ2) is 5.08. The van der Waals surface area contributed by atoms with Crippen molar-refractivity contribution in [3.8, 4) is 0 Å². The summed E-state index contributed by atoms with van der Waals surface area (Å²) < 4.78 is 13.3. The lowest BCUT2D eigenvalue weighted by molar-refractivity contribution is 0.294. The molecule has 0 N–H and O–H groups in total. The van der Waals surface area contributed by atoms with Gasteiger partial charge in [-0.05, 0) is 36.6 Å². The van der Waals surface area contributed by atoms with E-state index < -0.39 is 0 Å². The van der Waals surface area contributed by atoms with Crippen LogP contribution in [-0.2, 0) is 0 Å². The third kappa shape index (κ3) is 2.79. The van der Waals surface area contributed by atoms with Crippen LogP contribution in [0.4, 0.5) is 4.39 Å². The van der Waals surface area contributed by atoms with Gasteiger partial charge < -0.3 is 4.90 Å². The minimum atomic E-state index is -0.229. The van der Waals surface area contributed by atoms with Crippen molar-refractivity contribution in [1.82, 2.24) is 4.90 Å². The molecule has 1 aliphatic rings. The van der Waals surface area contributed by atoms with E-state index in [4.69, 9.17) is 0 Å². The van der Waals surface area contributed by atoms with E-state index in [9.17, 15) is 4.39 Å². The summed E-state index contributed by atoms with van der Waals surface area (Å²) in [7, 11) is 0. The van der Waals surface area contributed by atoms with Gasteiger partial charge in [-0.25, -0.2) is 4.39 Å². The number of nitrogens with zero attached hydrogens (tertiary/aromatic N) is 1. The highest BCUT2D eigenvalue weighted by atomic mass is 79.9. The summed E-state index contributed by atoms with van der Waals surface area (Å²) in [5.41, 5.74) is 1.37. The second-order valence-electron chi connectivity index (χ2n) is 4.03. The van der Waals surface area contributed by atoms with E-state index in [1.165, 1.54) is 5.56 Å². The van der Waals surface area contributed by atoms with Gasteiger partial charge in [-0.15, -0.1) is 0 Å². The van der Waals surface area contributed by atoms with Crippen LogP contribution < -0.4 is 0 Å². The number of benzene rings is 1. The molecule has 0 aromatic heterocycles. The van der Waals surface area contributed by atoms with Gasteiger partial charge in [0.15, 0.2) is 0 Å². The molecule has 1 heterocycles. The Hall–Kier alpha value is -0.410. The lowest BCUT2D eigenvalue weighted by Crippen LogP contribution is -2.22. The Morgan fingerprint density at radius 2 is 2.07 bits per heavy atom. The fraction of sp³-hybridized carbons (Fsp3) is 0.500. The fourth-order valence-corrected chi connectivity index (χ4v) is 2.43. The van der Waals surface area contributed by atoms with Crippen molar-refractivity contribution in [3.05, 3.63) is 34.3 Å². The van der Waals surface area contributed by atoms with E-state index in [1.54, 1.807) is 0 Å². The molecule has 0 spiro atoms. The maximum absolute atomic E-state index is 12.2. The number of halogens is 2. The van der Waals surface area contributed by atoms with Gasteiger partial charge in [0.05, 0.1) is 0 Å². The van der Waals surface area contributed by atoms with Crippen LogP contribution in [0.25, 0.3) is 0 Å². The maximum atomic E-state index is 12.2. The van der Waals surface area contributed by atoms with E-state index in [-0.39, 0.29) is 6.67 Å². The van der Waals surface area contributed by atoms with Crippen LogP contribution in [-0.4, -0.2) is 31.2 Å². The minimum absolute atomic E-state index is 0.229. The third-order valence-electron chi connectivity index (χ3n) is 3.01. The topological polar surface area (TPSA) is 3.24 Å². The molecule has 3 heteroatoms. The summed E-state index contributed by atoms with van der Waals surface area (Å²) in [6, 6.07) is 8.47. The summed E-state index contributed by atoms with van der Waals surface area (Å²) in [6.45, 7) is 2.40. The van der Waals surface area contributed by atoms with Crippen molar-refractivity contribution in [2.75, 3.05) is 26.3 Å². The number of alkyl halides is 1. The fourth-order valence-electron chi connectivity index (χ4n) is 2.16. The zero-order valence-electron chi connectivity index (χ0n) is 8.63. The smallest absolute Gasteiger partial charge is 0.102 e. The first kappa shape index (κ1) is 11.1. The minimum Gasteiger partial charge on any atom is -0.300 e. The van der Waals surface area contributed by atoms with E-state index >= 15 is 0 Å². The molecule has 1 aromatic carbocycles. The van der Waals surface area contributed by atoms with E-state index in [2.05, 4.69) is 45.1 Å². The molecule has 0 bridgehead atoms. The molecule has 1 unspecified atom stereocenters.